The first-order valence-corrected chi connectivity index (χ1v) is 5.80. The maximum Gasteiger partial charge on any atom is 0.273 e. The van der Waals surface area contributed by atoms with Gasteiger partial charge in [0.1, 0.15) is 5.82 Å². The molecule has 1 heterocycles. The number of nitrogens with one attached hydrogen (secondary N) is 2. The SMILES string of the molecule is CCc1cc(NC(=O)c2cc(F)cc([N+](=O)[O-])c2)n[nH]1. The number of aryl methyl sites for hydroxylation is 1. The van der Waals surface area contributed by atoms with Crippen LogP contribution in [0.1, 0.15) is 23.0 Å². The summed E-state index contributed by atoms with van der Waals surface area (Å²) in [5.74, 6) is -1.24. The fraction of sp³-hybridized carbons (Fsp3) is 0.167. The van der Waals surface area contributed by atoms with E-state index in [4.69, 9.17) is 0 Å². The zero-order chi connectivity index (χ0) is 14.7. The fourth-order valence-electron chi connectivity index (χ4n) is 1.61. The molecule has 2 rings (SSSR count). The third-order valence-electron chi connectivity index (χ3n) is 2.61. The molecule has 1 amide bonds. The Bertz CT molecular complexity index is 668. The number of nitrogens with zero attached hydrogens (tertiary/aromatic N) is 2. The Morgan fingerprint density at radius 2 is 2.20 bits per heavy atom. The molecule has 0 spiro atoms. The van der Waals surface area contributed by atoms with Crippen molar-refractivity contribution in [3.05, 3.63) is 51.5 Å². The van der Waals surface area contributed by atoms with Crippen LogP contribution in [0.5, 0.6) is 0 Å². The number of carbonyl (C=O) groups excluding carboxylic acids is 1. The predicted molar refractivity (Wildman–Crippen MR) is 69.0 cm³/mol. The van der Waals surface area contributed by atoms with E-state index in [0.717, 1.165) is 23.9 Å². The molecule has 20 heavy (non-hydrogen) atoms. The molecule has 2 N–H and O–H groups in total. The summed E-state index contributed by atoms with van der Waals surface area (Å²) in [6.45, 7) is 1.91. The molecule has 0 saturated heterocycles. The lowest BCUT2D eigenvalue weighted by Crippen LogP contribution is -2.12. The minimum Gasteiger partial charge on any atom is -0.305 e. The second kappa shape index (κ2) is 5.47. The highest BCUT2D eigenvalue weighted by Crippen LogP contribution is 2.17. The van der Waals surface area contributed by atoms with E-state index in [0.29, 0.717) is 6.42 Å². The van der Waals surface area contributed by atoms with Crippen LogP contribution in [0.4, 0.5) is 15.9 Å². The Kier molecular flexibility index (Phi) is 3.74. The Balaban J connectivity index is 2.22. The molecule has 0 unspecified atom stereocenters. The molecule has 0 aliphatic heterocycles. The van der Waals surface area contributed by atoms with Crippen molar-refractivity contribution < 1.29 is 14.1 Å². The van der Waals surface area contributed by atoms with Gasteiger partial charge in [-0.2, -0.15) is 5.10 Å². The van der Waals surface area contributed by atoms with Gasteiger partial charge in [0.2, 0.25) is 0 Å². The van der Waals surface area contributed by atoms with Gasteiger partial charge in [-0.25, -0.2) is 4.39 Å². The van der Waals surface area contributed by atoms with Gasteiger partial charge >= 0.3 is 0 Å². The van der Waals surface area contributed by atoms with Gasteiger partial charge in [-0.1, -0.05) is 6.92 Å². The summed E-state index contributed by atoms with van der Waals surface area (Å²) in [6, 6.07) is 4.31. The summed E-state index contributed by atoms with van der Waals surface area (Å²) in [5.41, 5.74) is 0.203. The zero-order valence-corrected chi connectivity index (χ0v) is 10.5. The normalized spacial score (nSPS) is 10.3. The van der Waals surface area contributed by atoms with E-state index < -0.39 is 22.3 Å². The van der Waals surface area contributed by atoms with Crippen LogP contribution in [0.15, 0.2) is 24.3 Å². The van der Waals surface area contributed by atoms with Gasteiger partial charge in [0, 0.05) is 23.4 Å². The maximum atomic E-state index is 13.2. The van der Waals surface area contributed by atoms with Crippen molar-refractivity contribution in [1.82, 2.24) is 10.2 Å². The Hall–Kier alpha value is -2.77. The van der Waals surface area contributed by atoms with Crippen LogP contribution < -0.4 is 5.32 Å². The molecule has 0 fully saturated rings. The smallest absolute Gasteiger partial charge is 0.273 e. The van der Waals surface area contributed by atoms with E-state index in [-0.39, 0.29) is 11.4 Å². The number of halogens is 1. The van der Waals surface area contributed by atoms with E-state index in [1.807, 2.05) is 6.92 Å². The number of H-pyrrole nitrogens is 1. The van der Waals surface area contributed by atoms with E-state index in [9.17, 15) is 19.3 Å². The van der Waals surface area contributed by atoms with Crippen LogP contribution in [0.3, 0.4) is 0 Å². The number of aromatic nitrogens is 2. The molecule has 7 nitrogen and oxygen atoms in total. The molecule has 0 saturated carbocycles. The number of nitro benzene ring substituents is 1. The lowest BCUT2D eigenvalue weighted by Gasteiger charge is -2.02. The molecule has 0 aliphatic rings. The van der Waals surface area contributed by atoms with Crippen LogP contribution >= 0.6 is 0 Å². The standard InChI is InChI=1S/C12H11FN4O3/c1-2-9-6-11(16-15-9)14-12(18)7-3-8(13)5-10(4-7)17(19)20/h3-6H,2H2,1H3,(H2,14,15,16,18). The average molecular weight is 278 g/mol. The molecule has 104 valence electrons. The Labute approximate surface area is 113 Å². The van der Waals surface area contributed by atoms with E-state index in [2.05, 4.69) is 15.5 Å². The minimum absolute atomic E-state index is 0.141. The van der Waals surface area contributed by atoms with Crippen molar-refractivity contribution in [1.29, 1.82) is 0 Å². The van der Waals surface area contributed by atoms with Crippen LogP contribution in [0.25, 0.3) is 0 Å². The number of anilines is 1. The van der Waals surface area contributed by atoms with Crippen molar-refractivity contribution in [2.45, 2.75) is 13.3 Å². The number of hydrogen-bond acceptors (Lipinski definition) is 4. The summed E-state index contributed by atoms with van der Waals surface area (Å²) in [7, 11) is 0. The third kappa shape index (κ3) is 2.97. The summed E-state index contributed by atoms with van der Waals surface area (Å²) in [5, 5.41) is 19.6. The second-order valence-corrected chi connectivity index (χ2v) is 4.04. The molecule has 0 radical (unpaired) electrons. The number of carbonyl (C=O) groups is 1. The molecule has 0 bridgehead atoms. The predicted octanol–water partition coefficient (Wildman–Crippen LogP) is 2.27. The number of aromatic amines is 1. The van der Waals surface area contributed by atoms with Crippen molar-refractivity contribution in [3.8, 4) is 0 Å². The quantitative estimate of drug-likeness (QED) is 0.661. The second-order valence-electron chi connectivity index (χ2n) is 4.04. The largest absolute Gasteiger partial charge is 0.305 e. The van der Waals surface area contributed by atoms with Gasteiger partial charge in [-0.3, -0.25) is 20.0 Å². The number of nitro groups is 1. The Morgan fingerprint density at radius 1 is 1.45 bits per heavy atom. The molecule has 2 aromatic rings. The first kappa shape index (κ1) is 13.7. The van der Waals surface area contributed by atoms with Crippen molar-refractivity contribution >= 4 is 17.4 Å². The van der Waals surface area contributed by atoms with Crippen LogP contribution in [0.2, 0.25) is 0 Å². The van der Waals surface area contributed by atoms with E-state index in [1.54, 1.807) is 6.07 Å². The lowest BCUT2D eigenvalue weighted by atomic mass is 10.2. The number of hydrogen-bond donors (Lipinski definition) is 2. The number of non-ortho nitro benzene ring substituents is 1. The van der Waals surface area contributed by atoms with Gasteiger partial charge in [0.25, 0.3) is 11.6 Å². The summed E-state index contributed by atoms with van der Waals surface area (Å²) in [6.07, 6.45) is 0.717. The molecule has 1 aromatic carbocycles. The minimum atomic E-state index is -0.847. The molecule has 1 aromatic heterocycles. The van der Waals surface area contributed by atoms with Gasteiger partial charge < -0.3 is 5.32 Å². The monoisotopic (exact) mass is 278 g/mol. The first-order valence-electron chi connectivity index (χ1n) is 5.80. The molecule has 8 heteroatoms. The molecular weight excluding hydrogens is 267 g/mol. The van der Waals surface area contributed by atoms with Crippen molar-refractivity contribution in [2.75, 3.05) is 5.32 Å². The number of benzene rings is 1. The van der Waals surface area contributed by atoms with Gasteiger partial charge in [-0.05, 0) is 12.5 Å². The number of rotatable bonds is 4. The Morgan fingerprint density at radius 3 is 2.80 bits per heavy atom. The average Bonchev–Trinajstić information content (AvgIpc) is 2.85. The number of amides is 1. The summed E-state index contributed by atoms with van der Waals surface area (Å²) in [4.78, 5) is 21.7. The van der Waals surface area contributed by atoms with E-state index >= 15 is 0 Å². The first-order chi connectivity index (χ1) is 9.49. The van der Waals surface area contributed by atoms with Crippen molar-refractivity contribution in [3.63, 3.8) is 0 Å². The van der Waals surface area contributed by atoms with Crippen molar-refractivity contribution in [2.24, 2.45) is 0 Å². The van der Waals surface area contributed by atoms with Gasteiger partial charge in [0.15, 0.2) is 5.82 Å². The van der Waals surface area contributed by atoms with Crippen LogP contribution in [-0.2, 0) is 6.42 Å². The molecular formula is C12H11FN4O3. The topological polar surface area (TPSA) is 101 Å². The fourth-order valence-corrected chi connectivity index (χ4v) is 1.61. The lowest BCUT2D eigenvalue weighted by molar-refractivity contribution is -0.385. The van der Waals surface area contributed by atoms with E-state index in [1.165, 1.54) is 0 Å². The van der Waals surface area contributed by atoms with Crippen LogP contribution in [0, 0.1) is 15.9 Å². The molecule has 0 atom stereocenters. The van der Waals surface area contributed by atoms with Gasteiger partial charge in [0.05, 0.1) is 11.0 Å². The zero-order valence-electron chi connectivity index (χ0n) is 10.5. The molecule has 0 aliphatic carbocycles. The highest BCUT2D eigenvalue weighted by atomic mass is 19.1. The highest BCUT2D eigenvalue weighted by Gasteiger charge is 2.15. The maximum absolute atomic E-state index is 13.2. The summed E-state index contributed by atoms with van der Waals surface area (Å²) >= 11 is 0. The van der Waals surface area contributed by atoms with Crippen LogP contribution in [-0.4, -0.2) is 21.0 Å². The van der Waals surface area contributed by atoms with Gasteiger partial charge in [-0.15, -0.1) is 0 Å². The highest BCUT2D eigenvalue weighted by molar-refractivity contribution is 6.04. The third-order valence-corrected chi connectivity index (χ3v) is 2.61. The summed E-state index contributed by atoms with van der Waals surface area (Å²) < 4.78 is 13.2.